The standard InChI is InChI=1S/C15H30N2O/c1-5-8-9-10-12-17-13(11-6-2)16-15(4,7-3)14(17)18/h13,16H,5-12H2,1-4H3. The molecule has 0 bridgehead atoms. The second-order valence-electron chi connectivity index (χ2n) is 5.69. The van der Waals surface area contributed by atoms with Crippen LogP contribution < -0.4 is 5.32 Å². The van der Waals surface area contributed by atoms with Gasteiger partial charge in [-0.1, -0.05) is 46.5 Å². The maximum atomic E-state index is 12.5. The van der Waals surface area contributed by atoms with Gasteiger partial charge in [-0.25, -0.2) is 0 Å². The van der Waals surface area contributed by atoms with E-state index in [1.54, 1.807) is 0 Å². The van der Waals surface area contributed by atoms with Crippen molar-refractivity contribution in [3.63, 3.8) is 0 Å². The van der Waals surface area contributed by atoms with E-state index in [2.05, 4.69) is 31.0 Å². The van der Waals surface area contributed by atoms with Crippen molar-refractivity contribution in [1.82, 2.24) is 10.2 Å². The third-order valence-electron chi connectivity index (χ3n) is 4.12. The predicted molar refractivity (Wildman–Crippen MR) is 76.4 cm³/mol. The molecule has 106 valence electrons. The van der Waals surface area contributed by atoms with Crippen LogP contribution in [-0.2, 0) is 4.79 Å². The second kappa shape index (κ2) is 7.13. The summed E-state index contributed by atoms with van der Waals surface area (Å²) < 4.78 is 0. The highest BCUT2D eigenvalue weighted by Crippen LogP contribution is 2.26. The largest absolute Gasteiger partial charge is 0.326 e. The molecule has 2 atom stereocenters. The van der Waals surface area contributed by atoms with E-state index in [-0.39, 0.29) is 11.7 Å². The van der Waals surface area contributed by atoms with Crippen LogP contribution >= 0.6 is 0 Å². The summed E-state index contributed by atoms with van der Waals surface area (Å²) in [6.07, 6.45) is 8.22. The van der Waals surface area contributed by atoms with Gasteiger partial charge < -0.3 is 4.90 Å². The Morgan fingerprint density at radius 2 is 1.89 bits per heavy atom. The monoisotopic (exact) mass is 254 g/mol. The first kappa shape index (κ1) is 15.5. The molecule has 0 spiro atoms. The van der Waals surface area contributed by atoms with E-state index in [0.29, 0.717) is 5.91 Å². The molecule has 2 unspecified atom stereocenters. The number of unbranched alkanes of at least 4 members (excludes halogenated alkanes) is 3. The van der Waals surface area contributed by atoms with Crippen molar-refractivity contribution in [1.29, 1.82) is 0 Å². The first-order valence-electron chi connectivity index (χ1n) is 7.67. The molecule has 3 nitrogen and oxygen atoms in total. The molecule has 0 radical (unpaired) electrons. The molecule has 1 rings (SSSR count). The van der Waals surface area contributed by atoms with Crippen LogP contribution in [-0.4, -0.2) is 29.1 Å². The van der Waals surface area contributed by atoms with Crippen LogP contribution in [0.1, 0.15) is 72.6 Å². The molecule has 18 heavy (non-hydrogen) atoms. The van der Waals surface area contributed by atoms with Gasteiger partial charge in [0.1, 0.15) is 0 Å². The predicted octanol–water partition coefficient (Wildman–Crippen LogP) is 3.29. The van der Waals surface area contributed by atoms with E-state index in [4.69, 9.17) is 0 Å². The van der Waals surface area contributed by atoms with Crippen molar-refractivity contribution < 1.29 is 4.79 Å². The summed E-state index contributed by atoms with van der Waals surface area (Å²) in [6, 6.07) is 0. The quantitative estimate of drug-likeness (QED) is 0.674. The van der Waals surface area contributed by atoms with E-state index in [1.807, 2.05) is 6.92 Å². The summed E-state index contributed by atoms with van der Waals surface area (Å²) in [6.45, 7) is 9.46. The van der Waals surface area contributed by atoms with E-state index < -0.39 is 0 Å². The molecule has 0 aromatic heterocycles. The van der Waals surface area contributed by atoms with Gasteiger partial charge in [0.05, 0.1) is 11.7 Å². The Morgan fingerprint density at radius 3 is 2.44 bits per heavy atom. The van der Waals surface area contributed by atoms with Crippen molar-refractivity contribution in [2.75, 3.05) is 6.54 Å². The highest BCUT2D eigenvalue weighted by Gasteiger charge is 2.45. The number of amides is 1. The van der Waals surface area contributed by atoms with Crippen molar-refractivity contribution in [3.05, 3.63) is 0 Å². The molecule has 0 saturated carbocycles. The van der Waals surface area contributed by atoms with Crippen LogP contribution in [0.3, 0.4) is 0 Å². The van der Waals surface area contributed by atoms with E-state index >= 15 is 0 Å². The fraction of sp³-hybridized carbons (Fsp3) is 0.933. The van der Waals surface area contributed by atoms with Crippen molar-refractivity contribution >= 4 is 5.91 Å². The van der Waals surface area contributed by atoms with Crippen LogP contribution in [0, 0.1) is 0 Å². The average molecular weight is 254 g/mol. The highest BCUT2D eigenvalue weighted by atomic mass is 16.2. The third kappa shape index (κ3) is 3.47. The number of rotatable bonds is 8. The molecule has 1 aliphatic rings. The van der Waals surface area contributed by atoms with E-state index in [1.165, 1.54) is 19.3 Å². The van der Waals surface area contributed by atoms with Gasteiger partial charge in [0.15, 0.2) is 0 Å². The summed E-state index contributed by atoms with van der Waals surface area (Å²) in [4.78, 5) is 14.6. The van der Waals surface area contributed by atoms with Crippen LogP contribution in [0.2, 0.25) is 0 Å². The first-order valence-corrected chi connectivity index (χ1v) is 7.67. The summed E-state index contributed by atoms with van der Waals surface area (Å²) in [5, 5.41) is 3.54. The lowest BCUT2D eigenvalue weighted by Crippen LogP contribution is -2.43. The minimum absolute atomic E-state index is 0.258. The number of carbonyl (C=O) groups is 1. The second-order valence-corrected chi connectivity index (χ2v) is 5.69. The Bertz CT molecular complexity index is 267. The van der Waals surface area contributed by atoms with Gasteiger partial charge in [0, 0.05) is 6.54 Å². The van der Waals surface area contributed by atoms with E-state index in [0.717, 1.165) is 32.2 Å². The van der Waals surface area contributed by atoms with Gasteiger partial charge in [-0.2, -0.15) is 0 Å². The molecular formula is C15H30N2O. The number of nitrogens with one attached hydrogen (secondary N) is 1. The zero-order chi connectivity index (χ0) is 13.6. The van der Waals surface area contributed by atoms with Crippen LogP contribution in [0.15, 0.2) is 0 Å². The molecule has 3 heteroatoms. The Labute approximate surface area is 112 Å². The van der Waals surface area contributed by atoms with Gasteiger partial charge in [-0.3, -0.25) is 10.1 Å². The number of nitrogens with zero attached hydrogens (tertiary/aromatic N) is 1. The maximum absolute atomic E-state index is 12.5. The normalized spacial score (nSPS) is 28.1. The molecule has 1 fully saturated rings. The molecule has 1 saturated heterocycles. The molecule has 1 heterocycles. The van der Waals surface area contributed by atoms with Crippen LogP contribution in [0.25, 0.3) is 0 Å². The fourth-order valence-corrected chi connectivity index (χ4v) is 2.69. The van der Waals surface area contributed by atoms with Crippen molar-refractivity contribution in [2.45, 2.75) is 84.3 Å². The Balaban J connectivity index is 2.57. The zero-order valence-corrected chi connectivity index (χ0v) is 12.6. The van der Waals surface area contributed by atoms with Gasteiger partial charge in [-0.15, -0.1) is 0 Å². The molecule has 0 aliphatic carbocycles. The maximum Gasteiger partial charge on any atom is 0.243 e. The fourth-order valence-electron chi connectivity index (χ4n) is 2.69. The van der Waals surface area contributed by atoms with Gasteiger partial charge >= 0.3 is 0 Å². The number of hydrogen-bond donors (Lipinski definition) is 1. The Kier molecular flexibility index (Phi) is 6.13. The van der Waals surface area contributed by atoms with Gasteiger partial charge in [-0.05, 0) is 26.2 Å². The molecule has 0 aromatic carbocycles. The number of carbonyl (C=O) groups excluding carboxylic acids is 1. The summed E-state index contributed by atoms with van der Waals surface area (Å²) in [5.74, 6) is 0.306. The molecule has 1 aliphatic heterocycles. The number of hydrogen-bond acceptors (Lipinski definition) is 2. The summed E-state index contributed by atoms with van der Waals surface area (Å²) >= 11 is 0. The van der Waals surface area contributed by atoms with Crippen molar-refractivity contribution in [2.24, 2.45) is 0 Å². The molecule has 1 amide bonds. The minimum atomic E-state index is -0.329. The Hall–Kier alpha value is -0.570. The summed E-state index contributed by atoms with van der Waals surface area (Å²) in [7, 11) is 0. The Morgan fingerprint density at radius 1 is 1.17 bits per heavy atom. The lowest BCUT2D eigenvalue weighted by molar-refractivity contribution is -0.133. The van der Waals surface area contributed by atoms with Gasteiger partial charge in [0.2, 0.25) is 5.91 Å². The first-order chi connectivity index (χ1) is 8.59. The zero-order valence-electron chi connectivity index (χ0n) is 12.6. The molecule has 0 aromatic rings. The lowest BCUT2D eigenvalue weighted by atomic mass is 9.99. The third-order valence-corrected chi connectivity index (χ3v) is 4.12. The molecule has 1 N–H and O–H groups in total. The lowest BCUT2D eigenvalue weighted by Gasteiger charge is -2.23. The topological polar surface area (TPSA) is 32.3 Å². The van der Waals surface area contributed by atoms with Crippen LogP contribution in [0.4, 0.5) is 0 Å². The smallest absolute Gasteiger partial charge is 0.243 e. The minimum Gasteiger partial charge on any atom is -0.326 e. The van der Waals surface area contributed by atoms with Crippen LogP contribution in [0.5, 0.6) is 0 Å². The summed E-state index contributed by atoms with van der Waals surface area (Å²) in [5.41, 5.74) is -0.329. The van der Waals surface area contributed by atoms with Crippen molar-refractivity contribution in [3.8, 4) is 0 Å². The molecular weight excluding hydrogens is 224 g/mol. The van der Waals surface area contributed by atoms with E-state index in [9.17, 15) is 4.79 Å². The van der Waals surface area contributed by atoms with Gasteiger partial charge in [0.25, 0.3) is 0 Å². The SMILES string of the molecule is CCCCCCN1C(=O)C(C)(CC)NC1CCC. The average Bonchev–Trinajstić information content (AvgIpc) is 2.60. The highest BCUT2D eigenvalue weighted by molar-refractivity contribution is 5.88.